The first-order chi connectivity index (χ1) is 11.8. The third kappa shape index (κ3) is 5.16. The van der Waals surface area contributed by atoms with Gasteiger partial charge >= 0.3 is 0 Å². The van der Waals surface area contributed by atoms with Gasteiger partial charge in [-0.1, -0.05) is 105 Å². The number of nitrogens with zero attached hydrogens (tertiary/aromatic N) is 6. The van der Waals surface area contributed by atoms with Crippen LogP contribution in [-0.4, -0.2) is 45.8 Å². The molecule has 0 radical (unpaired) electrons. The molecule has 3 aromatic rings. The van der Waals surface area contributed by atoms with Crippen molar-refractivity contribution < 1.29 is 0 Å². The summed E-state index contributed by atoms with van der Waals surface area (Å²) in [7, 11) is 0. The molecule has 15 heteroatoms. The van der Waals surface area contributed by atoms with E-state index in [1.807, 2.05) is 0 Å². The molecule has 0 atom stereocenters. The van der Waals surface area contributed by atoms with Crippen molar-refractivity contribution in [1.29, 1.82) is 0 Å². The van der Waals surface area contributed by atoms with Crippen LogP contribution in [0.4, 0.5) is 0 Å². The van der Waals surface area contributed by atoms with Crippen LogP contribution in [0, 0.1) is 0 Å². The largest absolute Gasteiger partial charge is 0.175 e. The van der Waals surface area contributed by atoms with E-state index in [4.69, 9.17) is 0 Å². The molecule has 1 aliphatic heterocycles. The van der Waals surface area contributed by atoms with Gasteiger partial charge in [0.05, 0.1) is 15.3 Å². The second-order valence-electron chi connectivity index (χ2n) is 3.72. The van der Waals surface area contributed by atoms with E-state index in [1.165, 1.54) is 0 Å². The van der Waals surface area contributed by atoms with E-state index in [0.717, 1.165) is 41.3 Å². The second-order valence-corrected chi connectivity index (χ2v) is 15.1. The standard InChI is InChI=1S/C9H6N6S9/c1-16-4-10-12-6(22-4)18-2-20-8-14-15-9(24-8)21-3-19-7-13-11-5(17-1)23-7/h1-3H2. The monoisotopic (exact) mass is 486 g/mol. The Morgan fingerprint density at radius 2 is 0.583 bits per heavy atom. The summed E-state index contributed by atoms with van der Waals surface area (Å²) in [6.07, 6.45) is 0. The Morgan fingerprint density at radius 3 is 0.792 bits per heavy atom. The third-order valence-electron chi connectivity index (χ3n) is 2.26. The van der Waals surface area contributed by atoms with Crippen LogP contribution in [-0.2, 0) is 0 Å². The summed E-state index contributed by atoms with van der Waals surface area (Å²) in [4.78, 5) is 0. The molecule has 0 N–H and O–H groups in total. The van der Waals surface area contributed by atoms with Crippen LogP contribution in [0.1, 0.15) is 0 Å². The van der Waals surface area contributed by atoms with E-state index >= 15 is 0 Å². The van der Waals surface area contributed by atoms with Crippen LogP contribution in [0.15, 0.2) is 26.0 Å². The van der Waals surface area contributed by atoms with Gasteiger partial charge in [-0.2, -0.15) is 0 Å². The van der Waals surface area contributed by atoms with E-state index in [0.29, 0.717) is 0 Å². The number of hydrogen-bond acceptors (Lipinski definition) is 15. The summed E-state index contributed by atoms with van der Waals surface area (Å²) >= 11 is 15.1. The highest BCUT2D eigenvalue weighted by Crippen LogP contribution is 2.39. The van der Waals surface area contributed by atoms with Crippen molar-refractivity contribution in [2.45, 2.75) is 26.0 Å². The maximum absolute atomic E-state index is 4.23. The van der Waals surface area contributed by atoms with E-state index in [2.05, 4.69) is 30.6 Å². The van der Waals surface area contributed by atoms with Crippen LogP contribution < -0.4 is 0 Å². The molecule has 0 aromatic carbocycles. The minimum atomic E-state index is 0.867. The molecule has 126 valence electrons. The lowest BCUT2D eigenvalue weighted by Gasteiger charge is -1.95. The van der Waals surface area contributed by atoms with E-state index in [-0.39, 0.29) is 0 Å². The van der Waals surface area contributed by atoms with Crippen molar-refractivity contribution in [3.8, 4) is 0 Å². The molecular formula is C9H6N6S9. The lowest BCUT2D eigenvalue weighted by Crippen LogP contribution is -1.75. The van der Waals surface area contributed by atoms with Crippen molar-refractivity contribution in [2.75, 3.05) is 15.3 Å². The van der Waals surface area contributed by atoms with Crippen molar-refractivity contribution in [3.05, 3.63) is 0 Å². The average Bonchev–Trinajstić information content (AvgIpc) is 3.29. The van der Waals surface area contributed by atoms with Gasteiger partial charge in [0.2, 0.25) is 0 Å². The first kappa shape index (κ1) is 18.2. The molecule has 0 amide bonds. The van der Waals surface area contributed by atoms with Gasteiger partial charge in [0.15, 0.2) is 26.0 Å². The van der Waals surface area contributed by atoms with Gasteiger partial charge in [-0.05, 0) is 0 Å². The summed E-state index contributed by atoms with van der Waals surface area (Å²) in [6.45, 7) is 0. The Balaban J connectivity index is 1.48. The Morgan fingerprint density at radius 1 is 0.375 bits per heavy atom. The van der Waals surface area contributed by atoms with Crippen LogP contribution in [0.2, 0.25) is 0 Å². The number of hydrogen-bond donors (Lipinski definition) is 0. The molecule has 4 rings (SSSR count). The quantitative estimate of drug-likeness (QED) is 0.425. The minimum Gasteiger partial charge on any atom is -0.131 e. The molecule has 4 heterocycles. The van der Waals surface area contributed by atoms with Crippen LogP contribution in [0.5, 0.6) is 0 Å². The maximum Gasteiger partial charge on any atom is 0.175 e. The normalized spacial score (nSPS) is 16.5. The van der Waals surface area contributed by atoms with Crippen molar-refractivity contribution in [1.82, 2.24) is 30.6 Å². The smallest absolute Gasteiger partial charge is 0.131 e. The second kappa shape index (κ2) is 9.12. The molecular weight excluding hydrogens is 481 g/mol. The van der Waals surface area contributed by atoms with Crippen LogP contribution in [0.3, 0.4) is 0 Å². The molecule has 0 unspecified atom stereocenters. The third-order valence-corrected chi connectivity index (χ3v) is 12.2. The molecule has 0 saturated carbocycles. The van der Waals surface area contributed by atoms with Gasteiger partial charge in [-0.15, -0.1) is 30.6 Å². The highest BCUT2D eigenvalue weighted by molar-refractivity contribution is 8.19. The van der Waals surface area contributed by atoms with Gasteiger partial charge in [0.1, 0.15) is 0 Å². The van der Waals surface area contributed by atoms with Gasteiger partial charge in [-0.3, -0.25) is 0 Å². The van der Waals surface area contributed by atoms with E-state index < -0.39 is 0 Å². The molecule has 6 bridgehead atoms. The molecule has 24 heavy (non-hydrogen) atoms. The van der Waals surface area contributed by atoms with E-state index in [9.17, 15) is 0 Å². The highest BCUT2D eigenvalue weighted by Gasteiger charge is 2.12. The Labute approximate surface area is 175 Å². The number of fused-ring (bicyclic) bond motifs is 6. The first-order valence-corrected chi connectivity index (χ1v) is 14.5. The fourth-order valence-electron chi connectivity index (χ4n) is 1.33. The predicted octanol–water partition coefficient (Wildman–Crippen LogP) is 5.08. The zero-order valence-electron chi connectivity index (χ0n) is 11.5. The first-order valence-electron chi connectivity index (χ1n) is 6.12. The van der Waals surface area contributed by atoms with E-state index in [1.54, 1.807) is 105 Å². The zero-order valence-corrected chi connectivity index (χ0v) is 18.8. The zero-order chi connectivity index (χ0) is 16.2. The molecule has 0 spiro atoms. The Kier molecular flexibility index (Phi) is 6.90. The van der Waals surface area contributed by atoms with Crippen molar-refractivity contribution >= 4 is 105 Å². The fourth-order valence-corrected chi connectivity index (χ4v) is 11.9. The molecule has 0 saturated heterocycles. The molecule has 0 aliphatic carbocycles. The molecule has 3 aromatic heterocycles. The lowest BCUT2D eigenvalue weighted by molar-refractivity contribution is 0.955. The summed E-state index contributed by atoms with van der Waals surface area (Å²) in [5.41, 5.74) is 0. The summed E-state index contributed by atoms with van der Waals surface area (Å²) < 4.78 is 5.94. The molecule has 6 nitrogen and oxygen atoms in total. The average molecular weight is 487 g/mol. The maximum atomic E-state index is 4.23. The predicted molar refractivity (Wildman–Crippen MR) is 109 cm³/mol. The SMILES string of the molecule is C1Sc2nnc(s2)SCSc2nnc(s2)SCSc2nnc(s2)S1. The van der Waals surface area contributed by atoms with Crippen molar-refractivity contribution in [2.24, 2.45) is 0 Å². The molecule has 1 aliphatic rings. The lowest BCUT2D eigenvalue weighted by atomic mass is 11.5. The van der Waals surface area contributed by atoms with Gasteiger partial charge in [0.25, 0.3) is 0 Å². The van der Waals surface area contributed by atoms with Gasteiger partial charge in [-0.25, -0.2) is 0 Å². The number of rotatable bonds is 0. The Bertz CT molecular complexity index is 638. The molecule has 0 fully saturated rings. The highest BCUT2D eigenvalue weighted by atomic mass is 32.3. The van der Waals surface area contributed by atoms with Crippen molar-refractivity contribution in [3.63, 3.8) is 0 Å². The van der Waals surface area contributed by atoms with Crippen LogP contribution >= 0.6 is 105 Å². The van der Waals surface area contributed by atoms with Crippen LogP contribution in [0.25, 0.3) is 0 Å². The van der Waals surface area contributed by atoms with Gasteiger partial charge < -0.3 is 0 Å². The number of thioether (sulfide) groups is 6. The minimum absolute atomic E-state index is 0.867. The Hall–Kier alpha value is 0.780. The summed E-state index contributed by atoms with van der Waals surface area (Å²) in [5.74, 6) is 0. The number of aromatic nitrogens is 6. The topological polar surface area (TPSA) is 77.3 Å². The summed E-state index contributed by atoms with van der Waals surface area (Å²) in [5, 5.41) is 28.0. The van der Waals surface area contributed by atoms with Gasteiger partial charge in [0, 0.05) is 0 Å². The summed E-state index contributed by atoms with van der Waals surface area (Å²) in [6, 6.07) is 0. The fraction of sp³-hybridized carbons (Fsp3) is 0.333.